The number of nitrogens with zero attached hydrogens (tertiary/aromatic N) is 1. The molecule has 154 valence electrons. The normalized spacial score (nSPS) is 29.0. The van der Waals surface area contributed by atoms with Gasteiger partial charge in [0.2, 0.25) is 0 Å². The Balaban J connectivity index is 1.71. The van der Waals surface area contributed by atoms with Crippen LogP contribution in [-0.4, -0.2) is 24.2 Å². The standard InChI is InChI=1S/C26H33NO2/c1-17(2)20-12-14-26(3)15-13-21-22(24(20)26)11-10-18(16-23(21)28)25(29)27(4)19-8-6-5-7-9-19/h5-11,17,21,23,28H,12-16H2,1-4H3. The highest BCUT2D eigenvalue weighted by Gasteiger charge is 2.46. The van der Waals surface area contributed by atoms with E-state index in [1.165, 1.54) is 17.6 Å². The zero-order valence-electron chi connectivity index (χ0n) is 18.1. The van der Waals surface area contributed by atoms with E-state index >= 15 is 0 Å². The Labute approximate surface area is 174 Å². The van der Waals surface area contributed by atoms with Gasteiger partial charge >= 0.3 is 0 Å². The first kappa shape index (κ1) is 20.2. The van der Waals surface area contributed by atoms with E-state index in [2.05, 4.69) is 26.8 Å². The number of aliphatic hydroxyl groups excluding tert-OH is 1. The van der Waals surface area contributed by atoms with E-state index < -0.39 is 6.10 Å². The second-order valence-corrected chi connectivity index (χ2v) is 9.55. The third kappa shape index (κ3) is 3.50. The van der Waals surface area contributed by atoms with E-state index in [0.717, 1.165) is 24.9 Å². The Morgan fingerprint density at radius 1 is 1.17 bits per heavy atom. The Morgan fingerprint density at radius 3 is 2.59 bits per heavy atom. The van der Waals surface area contributed by atoms with Crippen molar-refractivity contribution >= 4 is 11.6 Å². The zero-order chi connectivity index (χ0) is 20.8. The molecule has 3 aliphatic rings. The number of allylic oxidation sites excluding steroid dienone is 4. The molecule has 0 heterocycles. The summed E-state index contributed by atoms with van der Waals surface area (Å²) in [5, 5.41) is 11.1. The molecule has 1 N–H and O–H groups in total. The molecule has 3 nitrogen and oxygen atoms in total. The molecule has 0 spiro atoms. The molecule has 0 radical (unpaired) electrons. The number of para-hydroxylation sites is 1. The van der Waals surface area contributed by atoms with E-state index in [-0.39, 0.29) is 17.2 Å². The van der Waals surface area contributed by atoms with Gasteiger partial charge < -0.3 is 10.0 Å². The van der Waals surface area contributed by atoms with Crippen LogP contribution in [0.3, 0.4) is 0 Å². The van der Waals surface area contributed by atoms with E-state index in [9.17, 15) is 9.90 Å². The predicted octanol–water partition coefficient (Wildman–Crippen LogP) is 5.43. The molecule has 1 fully saturated rings. The van der Waals surface area contributed by atoms with Crippen molar-refractivity contribution < 1.29 is 9.90 Å². The van der Waals surface area contributed by atoms with Crippen LogP contribution in [0.15, 0.2) is 64.8 Å². The highest BCUT2D eigenvalue weighted by molar-refractivity contribution is 6.05. The minimum Gasteiger partial charge on any atom is -0.392 e. The molecule has 29 heavy (non-hydrogen) atoms. The Hall–Kier alpha value is -2.13. The molecular formula is C26H33NO2. The Kier molecular flexibility index (Phi) is 5.29. The second kappa shape index (κ2) is 7.60. The Bertz CT molecular complexity index is 893. The van der Waals surface area contributed by atoms with Gasteiger partial charge in [-0.15, -0.1) is 0 Å². The number of fused-ring (bicyclic) bond motifs is 3. The van der Waals surface area contributed by atoms with Gasteiger partial charge in [-0.3, -0.25) is 4.79 Å². The lowest BCUT2D eigenvalue weighted by molar-refractivity contribution is -0.115. The number of amides is 1. The first-order valence-corrected chi connectivity index (χ1v) is 11.0. The fraction of sp³-hybridized carbons (Fsp3) is 0.500. The van der Waals surface area contributed by atoms with Gasteiger partial charge in [0.15, 0.2) is 0 Å². The van der Waals surface area contributed by atoms with Gasteiger partial charge in [-0.2, -0.15) is 0 Å². The molecule has 4 rings (SSSR count). The summed E-state index contributed by atoms with van der Waals surface area (Å²) in [5.74, 6) is 0.632. The van der Waals surface area contributed by atoms with Crippen LogP contribution in [0.5, 0.6) is 0 Å². The molecule has 0 saturated heterocycles. The molecule has 1 aromatic rings. The van der Waals surface area contributed by atoms with Gasteiger partial charge in [-0.05, 0) is 60.3 Å². The highest BCUT2D eigenvalue weighted by Crippen LogP contribution is 2.57. The van der Waals surface area contributed by atoms with Crippen molar-refractivity contribution in [1.82, 2.24) is 0 Å². The van der Waals surface area contributed by atoms with Gasteiger partial charge in [-0.1, -0.05) is 56.7 Å². The van der Waals surface area contributed by atoms with Crippen LogP contribution >= 0.6 is 0 Å². The van der Waals surface area contributed by atoms with Crippen LogP contribution in [-0.2, 0) is 4.79 Å². The van der Waals surface area contributed by atoms with E-state index in [1.54, 1.807) is 10.5 Å². The molecule has 1 amide bonds. The number of hydrogen-bond donors (Lipinski definition) is 1. The summed E-state index contributed by atoms with van der Waals surface area (Å²) < 4.78 is 0. The number of benzene rings is 1. The first-order valence-electron chi connectivity index (χ1n) is 11.0. The minimum atomic E-state index is -0.505. The quantitative estimate of drug-likeness (QED) is 0.746. The van der Waals surface area contributed by atoms with Crippen molar-refractivity contribution in [1.29, 1.82) is 0 Å². The summed E-state index contributed by atoms with van der Waals surface area (Å²) in [4.78, 5) is 14.9. The zero-order valence-corrected chi connectivity index (χ0v) is 18.1. The lowest BCUT2D eigenvalue weighted by atomic mass is 9.64. The third-order valence-corrected chi connectivity index (χ3v) is 7.34. The molecule has 3 aliphatic carbocycles. The summed E-state index contributed by atoms with van der Waals surface area (Å²) in [7, 11) is 1.81. The SMILES string of the molecule is CC(C)C1=C2C3=CC=C(C(=O)N(C)c4ccccc4)CC(O)C3CCC2(C)CC1. The Morgan fingerprint density at radius 2 is 1.90 bits per heavy atom. The smallest absolute Gasteiger partial charge is 0.254 e. The van der Waals surface area contributed by atoms with Crippen molar-refractivity contribution in [3.63, 3.8) is 0 Å². The van der Waals surface area contributed by atoms with E-state index in [1.807, 2.05) is 43.5 Å². The van der Waals surface area contributed by atoms with E-state index in [0.29, 0.717) is 17.9 Å². The summed E-state index contributed by atoms with van der Waals surface area (Å²) in [6, 6.07) is 9.70. The van der Waals surface area contributed by atoms with Gasteiger partial charge in [0.25, 0.3) is 5.91 Å². The number of carbonyl (C=O) groups excluding carboxylic acids is 1. The number of rotatable bonds is 3. The fourth-order valence-electron chi connectivity index (χ4n) is 5.60. The largest absolute Gasteiger partial charge is 0.392 e. The van der Waals surface area contributed by atoms with Crippen LogP contribution in [0.4, 0.5) is 5.69 Å². The second-order valence-electron chi connectivity index (χ2n) is 9.55. The molecular weight excluding hydrogens is 358 g/mol. The lowest BCUT2D eigenvalue weighted by Crippen LogP contribution is -2.34. The van der Waals surface area contributed by atoms with Crippen LogP contribution in [0, 0.1) is 17.3 Å². The minimum absolute atomic E-state index is 0.0296. The van der Waals surface area contributed by atoms with Crippen molar-refractivity contribution in [3.8, 4) is 0 Å². The molecule has 1 aromatic carbocycles. The predicted molar refractivity (Wildman–Crippen MR) is 119 cm³/mol. The molecule has 0 aliphatic heterocycles. The maximum Gasteiger partial charge on any atom is 0.254 e. The third-order valence-electron chi connectivity index (χ3n) is 7.34. The maximum atomic E-state index is 13.2. The topological polar surface area (TPSA) is 40.5 Å². The number of likely N-dealkylation sites (N-methyl/N-ethyl adjacent to an activating group) is 1. The van der Waals surface area contributed by atoms with E-state index in [4.69, 9.17) is 0 Å². The molecule has 3 atom stereocenters. The number of hydrogen-bond acceptors (Lipinski definition) is 2. The average molecular weight is 392 g/mol. The van der Waals surface area contributed by atoms with Crippen LogP contribution in [0.2, 0.25) is 0 Å². The van der Waals surface area contributed by atoms with Gasteiger partial charge in [0.05, 0.1) is 6.10 Å². The van der Waals surface area contributed by atoms with Gasteiger partial charge in [0, 0.05) is 30.6 Å². The van der Waals surface area contributed by atoms with Crippen LogP contribution < -0.4 is 4.90 Å². The molecule has 1 saturated carbocycles. The summed E-state index contributed by atoms with van der Waals surface area (Å²) in [6.45, 7) is 6.96. The van der Waals surface area contributed by atoms with Crippen molar-refractivity contribution in [3.05, 3.63) is 64.8 Å². The van der Waals surface area contributed by atoms with Gasteiger partial charge in [0.1, 0.15) is 0 Å². The number of anilines is 1. The summed E-state index contributed by atoms with van der Waals surface area (Å²) in [5.41, 5.74) is 6.12. The lowest BCUT2D eigenvalue weighted by Gasteiger charge is -2.41. The van der Waals surface area contributed by atoms with Crippen molar-refractivity contribution in [2.45, 2.75) is 59.0 Å². The molecule has 3 unspecified atom stereocenters. The molecule has 0 aromatic heterocycles. The van der Waals surface area contributed by atoms with Crippen molar-refractivity contribution in [2.24, 2.45) is 17.3 Å². The maximum absolute atomic E-state index is 13.2. The fourth-order valence-corrected chi connectivity index (χ4v) is 5.60. The van der Waals surface area contributed by atoms with Crippen molar-refractivity contribution in [2.75, 3.05) is 11.9 Å². The summed E-state index contributed by atoms with van der Waals surface area (Å²) in [6.07, 6.45) is 8.56. The van der Waals surface area contributed by atoms with Gasteiger partial charge in [-0.25, -0.2) is 0 Å². The molecule has 3 heteroatoms. The number of carbonyl (C=O) groups is 1. The molecule has 0 bridgehead atoms. The monoisotopic (exact) mass is 391 g/mol. The average Bonchev–Trinajstić information content (AvgIpc) is 2.99. The first-order chi connectivity index (χ1) is 13.8. The van der Waals surface area contributed by atoms with Crippen LogP contribution in [0.25, 0.3) is 0 Å². The summed E-state index contributed by atoms with van der Waals surface area (Å²) >= 11 is 0. The number of aliphatic hydroxyl groups is 1. The highest BCUT2D eigenvalue weighted by atomic mass is 16.3. The van der Waals surface area contributed by atoms with Crippen LogP contribution in [0.1, 0.15) is 52.9 Å².